The lowest BCUT2D eigenvalue weighted by atomic mass is 9.97. The molecule has 2 amide bonds. The van der Waals surface area contributed by atoms with Gasteiger partial charge in [0.2, 0.25) is 0 Å². The number of urea groups is 1. The van der Waals surface area contributed by atoms with Gasteiger partial charge in [-0.2, -0.15) is 0 Å². The maximum Gasteiger partial charge on any atom is 0.319 e. The normalized spacial score (nSPS) is 17.0. The Kier molecular flexibility index (Phi) is 4.32. The zero-order chi connectivity index (χ0) is 15.6. The second kappa shape index (κ2) is 5.85. The first-order chi connectivity index (χ1) is 9.89. The van der Waals surface area contributed by atoms with Gasteiger partial charge in [0.25, 0.3) is 0 Å². The highest BCUT2D eigenvalue weighted by Gasteiger charge is 2.42. The number of carbonyl (C=O) groups is 1. The summed E-state index contributed by atoms with van der Waals surface area (Å²) in [6, 6.07) is 1.01. The van der Waals surface area contributed by atoms with Crippen LogP contribution in [0.15, 0.2) is 12.1 Å². The summed E-state index contributed by atoms with van der Waals surface area (Å²) in [6.07, 6.45) is 1.84. The van der Waals surface area contributed by atoms with Crippen molar-refractivity contribution in [3.05, 3.63) is 23.8 Å². The van der Waals surface area contributed by atoms with Gasteiger partial charge in [0.05, 0.1) is 24.9 Å². The van der Waals surface area contributed by atoms with Gasteiger partial charge < -0.3 is 20.5 Å². The zero-order valence-corrected chi connectivity index (χ0v) is 11.9. The first kappa shape index (κ1) is 15.5. The third-order valence-corrected chi connectivity index (χ3v) is 3.70. The largest absolute Gasteiger partial charge is 0.494 e. The van der Waals surface area contributed by atoms with Crippen LogP contribution in [0.25, 0.3) is 0 Å². The number of aliphatic hydroxyl groups excluding tert-OH is 1. The SMILES string of the molecule is COc1cc(F)c(NC(=O)NC(C)(CO)C2CC2)cc1F. The zero-order valence-electron chi connectivity index (χ0n) is 11.9. The monoisotopic (exact) mass is 300 g/mol. The van der Waals surface area contributed by atoms with Crippen molar-refractivity contribution in [2.75, 3.05) is 19.0 Å². The summed E-state index contributed by atoms with van der Waals surface area (Å²) in [4.78, 5) is 11.9. The van der Waals surface area contributed by atoms with Gasteiger partial charge in [0.1, 0.15) is 0 Å². The van der Waals surface area contributed by atoms with Crippen molar-refractivity contribution in [2.45, 2.75) is 25.3 Å². The van der Waals surface area contributed by atoms with Gasteiger partial charge in [-0.05, 0) is 25.7 Å². The van der Waals surface area contributed by atoms with Crippen LogP contribution in [0.1, 0.15) is 19.8 Å². The van der Waals surface area contributed by atoms with Crippen molar-refractivity contribution in [2.24, 2.45) is 5.92 Å². The highest BCUT2D eigenvalue weighted by Crippen LogP contribution is 2.39. The molecule has 0 aromatic heterocycles. The van der Waals surface area contributed by atoms with Gasteiger partial charge in [-0.3, -0.25) is 0 Å². The third-order valence-electron chi connectivity index (χ3n) is 3.70. The van der Waals surface area contributed by atoms with Gasteiger partial charge in [0.15, 0.2) is 17.4 Å². The Morgan fingerprint density at radius 1 is 1.43 bits per heavy atom. The van der Waals surface area contributed by atoms with Crippen molar-refractivity contribution in [3.8, 4) is 5.75 Å². The van der Waals surface area contributed by atoms with Crippen molar-refractivity contribution in [1.29, 1.82) is 0 Å². The molecule has 0 saturated heterocycles. The molecule has 0 aliphatic heterocycles. The summed E-state index contributed by atoms with van der Waals surface area (Å²) >= 11 is 0. The Balaban J connectivity index is 2.07. The molecular formula is C14H18F2N2O3. The lowest BCUT2D eigenvalue weighted by molar-refractivity contribution is 0.159. The number of rotatable bonds is 5. The van der Waals surface area contributed by atoms with Crippen LogP contribution in [0.4, 0.5) is 19.3 Å². The van der Waals surface area contributed by atoms with Crippen molar-refractivity contribution in [3.63, 3.8) is 0 Å². The number of nitrogens with one attached hydrogen (secondary N) is 2. The summed E-state index contributed by atoms with van der Waals surface area (Å²) in [5.41, 5.74) is -1.05. The molecule has 116 valence electrons. The lowest BCUT2D eigenvalue weighted by Crippen LogP contribution is -2.52. The number of ether oxygens (including phenoxy) is 1. The Morgan fingerprint density at radius 2 is 2.10 bits per heavy atom. The topological polar surface area (TPSA) is 70.6 Å². The number of carbonyl (C=O) groups excluding carboxylic acids is 1. The van der Waals surface area contributed by atoms with Crippen LogP contribution in [0.2, 0.25) is 0 Å². The maximum absolute atomic E-state index is 13.7. The predicted octanol–water partition coefficient (Wildman–Crippen LogP) is 2.26. The first-order valence-electron chi connectivity index (χ1n) is 6.62. The van der Waals surface area contributed by atoms with Crippen LogP contribution in [-0.4, -0.2) is 30.4 Å². The van der Waals surface area contributed by atoms with E-state index in [1.54, 1.807) is 6.92 Å². The van der Waals surface area contributed by atoms with E-state index in [1.165, 1.54) is 7.11 Å². The average Bonchev–Trinajstić information content (AvgIpc) is 3.27. The van der Waals surface area contributed by atoms with Gasteiger partial charge in [-0.15, -0.1) is 0 Å². The summed E-state index contributed by atoms with van der Waals surface area (Å²) < 4.78 is 31.9. The van der Waals surface area contributed by atoms with Crippen molar-refractivity contribution in [1.82, 2.24) is 5.32 Å². The van der Waals surface area contributed by atoms with E-state index in [2.05, 4.69) is 15.4 Å². The molecule has 1 aliphatic carbocycles. The minimum absolute atomic E-state index is 0.200. The molecule has 3 N–H and O–H groups in total. The Bertz CT molecular complexity index is 549. The lowest BCUT2D eigenvalue weighted by Gasteiger charge is -2.28. The fraction of sp³-hybridized carbons (Fsp3) is 0.500. The Morgan fingerprint density at radius 3 is 2.62 bits per heavy atom. The van der Waals surface area contributed by atoms with Crippen LogP contribution in [0, 0.1) is 17.6 Å². The molecule has 0 bridgehead atoms. The van der Waals surface area contributed by atoms with Crippen LogP contribution in [0.5, 0.6) is 5.75 Å². The molecule has 1 saturated carbocycles. The van der Waals surface area contributed by atoms with E-state index in [4.69, 9.17) is 0 Å². The van der Waals surface area contributed by atoms with Crippen molar-refractivity contribution >= 4 is 11.7 Å². The molecule has 5 nitrogen and oxygen atoms in total. The molecule has 0 heterocycles. The molecule has 0 spiro atoms. The van der Waals surface area contributed by atoms with E-state index in [-0.39, 0.29) is 24.0 Å². The number of halogens is 2. The molecule has 1 aliphatic rings. The number of benzene rings is 1. The standard InChI is InChI=1S/C14H18F2N2O3/c1-14(7-19,8-3-4-8)18-13(20)17-11-5-10(16)12(21-2)6-9(11)15/h5-6,8,19H,3-4,7H2,1-2H3,(H2,17,18,20). The number of anilines is 1. The van der Waals surface area contributed by atoms with E-state index in [0.29, 0.717) is 0 Å². The molecule has 1 atom stereocenters. The molecular weight excluding hydrogens is 282 g/mol. The Labute approximate surface area is 121 Å². The first-order valence-corrected chi connectivity index (χ1v) is 6.62. The number of amides is 2. The fourth-order valence-corrected chi connectivity index (χ4v) is 2.18. The van der Waals surface area contributed by atoms with Gasteiger partial charge >= 0.3 is 6.03 Å². The smallest absolute Gasteiger partial charge is 0.319 e. The highest BCUT2D eigenvalue weighted by atomic mass is 19.1. The molecule has 1 unspecified atom stereocenters. The van der Waals surface area contributed by atoms with Crippen LogP contribution < -0.4 is 15.4 Å². The Hall–Kier alpha value is -1.89. The van der Waals surface area contributed by atoms with Crippen molar-refractivity contribution < 1.29 is 23.4 Å². The van der Waals surface area contributed by atoms with E-state index in [1.807, 2.05) is 0 Å². The van der Waals surface area contributed by atoms with Gasteiger partial charge in [-0.1, -0.05) is 0 Å². The second-order valence-corrected chi connectivity index (χ2v) is 5.40. The van der Waals surface area contributed by atoms with Gasteiger partial charge in [0, 0.05) is 12.1 Å². The third kappa shape index (κ3) is 3.41. The maximum atomic E-state index is 13.7. The quantitative estimate of drug-likeness (QED) is 0.781. The van der Waals surface area contributed by atoms with Gasteiger partial charge in [-0.25, -0.2) is 13.6 Å². The minimum Gasteiger partial charge on any atom is -0.494 e. The number of aliphatic hydroxyl groups is 1. The molecule has 1 aromatic rings. The molecule has 0 radical (unpaired) electrons. The van der Waals surface area contributed by atoms with Crippen LogP contribution in [0.3, 0.4) is 0 Å². The molecule has 7 heteroatoms. The highest BCUT2D eigenvalue weighted by molar-refractivity contribution is 5.90. The second-order valence-electron chi connectivity index (χ2n) is 5.40. The van der Waals surface area contributed by atoms with E-state index < -0.39 is 23.2 Å². The molecule has 1 aromatic carbocycles. The summed E-state index contributed by atoms with van der Waals surface area (Å²) in [7, 11) is 1.22. The fourth-order valence-electron chi connectivity index (χ4n) is 2.18. The number of hydrogen-bond donors (Lipinski definition) is 3. The summed E-state index contributed by atoms with van der Waals surface area (Å²) in [5, 5.41) is 14.2. The van der Waals surface area contributed by atoms with E-state index >= 15 is 0 Å². The molecule has 21 heavy (non-hydrogen) atoms. The van der Waals surface area contributed by atoms with E-state index in [0.717, 1.165) is 25.0 Å². The molecule has 1 fully saturated rings. The van der Waals surface area contributed by atoms with Crippen LogP contribution >= 0.6 is 0 Å². The van der Waals surface area contributed by atoms with E-state index in [9.17, 15) is 18.7 Å². The number of methoxy groups -OCH3 is 1. The molecule has 2 rings (SSSR count). The average molecular weight is 300 g/mol. The minimum atomic E-state index is -0.805. The summed E-state index contributed by atoms with van der Waals surface area (Å²) in [6.45, 7) is 1.50. The van der Waals surface area contributed by atoms with Crippen LogP contribution in [-0.2, 0) is 0 Å². The predicted molar refractivity (Wildman–Crippen MR) is 73.3 cm³/mol. The number of hydrogen-bond acceptors (Lipinski definition) is 3. The summed E-state index contributed by atoms with van der Waals surface area (Å²) in [5.74, 6) is -1.62.